The molecule has 0 aliphatic carbocycles. The van der Waals surface area contributed by atoms with Crippen molar-refractivity contribution in [2.75, 3.05) is 13.2 Å². The molecule has 0 aliphatic rings. The molecule has 0 aliphatic heterocycles. The van der Waals surface area contributed by atoms with Crippen molar-refractivity contribution >= 4 is 0 Å². The molecule has 0 radical (unpaired) electrons. The summed E-state index contributed by atoms with van der Waals surface area (Å²) in [5, 5.41) is 65.0. The first-order valence-electron chi connectivity index (χ1n) is 6.33. The van der Waals surface area contributed by atoms with Crippen LogP contribution in [0, 0.1) is 0 Å². The molecule has 0 bridgehead atoms. The highest BCUT2D eigenvalue weighted by Gasteiger charge is 2.27. The minimum absolute atomic E-state index is 0.0572. The Labute approximate surface area is 120 Å². The smallest absolute Gasteiger partial charge is 0.126 e. The van der Waals surface area contributed by atoms with E-state index in [0.717, 1.165) is 6.20 Å². The summed E-state index contributed by atoms with van der Waals surface area (Å²) in [6.07, 6.45) is -5.01. The molecule has 1 aromatic heterocycles. The third kappa shape index (κ3) is 4.93. The Hall–Kier alpha value is -1.20. The van der Waals surface area contributed by atoms with Gasteiger partial charge in [-0.2, -0.15) is 0 Å². The third-order valence-electron chi connectivity index (χ3n) is 2.96. The molecule has 0 saturated heterocycles. The van der Waals surface area contributed by atoms with E-state index in [9.17, 15) is 25.5 Å². The number of aromatic nitrogens is 2. The van der Waals surface area contributed by atoms with Gasteiger partial charge in [0.25, 0.3) is 0 Å². The second-order valence-electron chi connectivity index (χ2n) is 4.64. The number of aliphatic hydroxyl groups is 7. The summed E-state index contributed by atoms with van der Waals surface area (Å²) in [4.78, 5) is 7.73. The molecular weight excluding hydrogens is 284 g/mol. The largest absolute Gasteiger partial charge is 0.394 e. The van der Waals surface area contributed by atoms with Gasteiger partial charge in [-0.25, -0.2) is 0 Å². The molecule has 1 rings (SSSR count). The van der Waals surface area contributed by atoms with Crippen LogP contribution in [-0.2, 0) is 6.42 Å². The molecule has 1 aromatic rings. The van der Waals surface area contributed by atoms with Crippen molar-refractivity contribution in [3.63, 3.8) is 0 Å². The third-order valence-corrected chi connectivity index (χ3v) is 2.96. The van der Waals surface area contributed by atoms with E-state index in [4.69, 9.17) is 10.2 Å². The molecule has 0 amide bonds. The second kappa shape index (κ2) is 8.29. The van der Waals surface area contributed by atoms with E-state index >= 15 is 0 Å². The maximum atomic E-state index is 9.83. The zero-order valence-corrected chi connectivity index (χ0v) is 11.2. The molecule has 0 aromatic carbocycles. The van der Waals surface area contributed by atoms with Gasteiger partial charge in [0.1, 0.15) is 24.4 Å². The molecule has 9 heteroatoms. The first-order chi connectivity index (χ1) is 9.90. The molecule has 0 unspecified atom stereocenters. The summed E-state index contributed by atoms with van der Waals surface area (Å²) in [7, 11) is 0. The normalized spacial score (nSPS) is 18.8. The monoisotopic (exact) mass is 304 g/mol. The molecule has 0 fully saturated rings. The van der Waals surface area contributed by atoms with Crippen LogP contribution in [0.3, 0.4) is 0 Å². The number of hydrogen-bond acceptors (Lipinski definition) is 9. The number of hydrogen-bond donors (Lipinski definition) is 7. The summed E-state index contributed by atoms with van der Waals surface area (Å²) >= 11 is 0. The molecule has 0 spiro atoms. The lowest BCUT2D eigenvalue weighted by atomic mass is 10.1. The molecule has 5 atom stereocenters. The highest BCUT2D eigenvalue weighted by molar-refractivity contribution is 5.09. The maximum Gasteiger partial charge on any atom is 0.126 e. The van der Waals surface area contributed by atoms with Gasteiger partial charge in [0.2, 0.25) is 0 Å². The van der Waals surface area contributed by atoms with Crippen molar-refractivity contribution in [2.45, 2.75) is 36.9 Å². The minimum atomic E-state index is -1.65. The predicted octanol–water partition coefficient (Wildman–Crippen LogP) is -3.52. The van der Waals surface area contributed by atoms with E-state index in [-0.39, 0.29) is 17.8 Å². The van der Waals surface area contributed by atoms with Gasteiger partial charge in [-0.15, -0.1) is 0 Å². The van der Waals surface area contributed by atoms with Gasteiger partial charge in [-0.3, -0.25) is 9.97 Å². The van der Waals surface area contributed by atoms with Crippen molar-refractivity contribution < 1.29 is 35.7 Å². The Bertz CT molecular complexity index is 434. The lowest BCUT2D eigenvalue weighted by Gasteiger charge is -2.21. The first-order valence-corrected chi connectivity index (χ1v) is 6.33. The topological polar surface area (TPSA) is 167 Å². The van der Waals surface area contributed by atoms with E-state index in [0.29, 0.717) is 0 Å². The Morgan fingerprint density at radius 1 is 0.857 bits per heavy atom. The average Bonchev–Trinajstić information content (AvgIpc) is 2.51. The van der Waals surface area contributed by atoms with Gasteiger partial charge < -0.3 is 35.7 Å². The van der Waals surface area contributed by atoms with Crippen molar-refractivity contribution in [2.24, 2.45) is 0 Å². The van der Waals surface area contributed by atoms with Crippen LogP contribution in [0.25, 0.3) is 0 Å². The summed E-state index contributed by atoms with van der Waals surface area (Å²) in [5.41, 5.74) is 0.162. The molecule has 9 nitrogen and oxygen atoms in total. The second-order valence-corrected chi connectivity index (χ2v) is 4.64. The zero-order valence-electron chi connectivity index (χ0n) is 11.2. The van der Waals surface area contributed by atoms with E-state index in [2.05, 4.69) is 9.97 Å². The van der Waals surface area contributed by atoms with Gasteiger partial charge in [0.15, 0.2) is 0 Å². The van der Waals surface area contributed by atoms with Gasteiger partial charge in [0.05, 0.1) is 36.9 Å². The van der Waals surface area contributed by atoms with Crippen molar-refractivity contribution in [1.29, 1.82) is 0 Å². The summed E-state index contributed by atoms with van der Waals surface area (Å²) in [6, 6.07) is 0. The quantitative estimate of drug-likeness (QED) is 0.257. The van der Waals surface area contributed by atoms with Crippen LogP contribution in [0.4, 0.5) is 0 Å². The average molecular weight is 304 g/mol. The molecule has 21 heavy (non-hydrogen) atoms. The van der Waals surface area contributed by atoms with Crippen LogP contribution in [0.15, 0.2) is 12.4 Å². The van der Waals surface area contributed by atoms with E-state index in [1.54, 1.807) is 0 Å². The molecule has 120 valence electrons. The van der Waals surface area contributed by atoms with Crippen LogP contribution in [-0.4, -0.2) is 83.3 Å². The number of aliphatic hydroxyl groups excluding tert-OH is 7. The van der Waals surface area contributed by atoms with Crippen LogP contribution in [0.5, 0.6) is 0 Å². The first kappa shape index (κ1) is 17.9. The highest BCUT2D eigenvalue weighted by Crippen LogP contribution is 2.17. The van der Waals surface area contributed by atoms with Gasteiger partial charge in [-0.05, 0) is 0 Å². The predicted molar refractivity (Wildman–Crippen MR) is 68.9 cm³/mol. The maximum absolute atomic E-state index is 9.83. The van der Waals surface area contributed by atoms with E-state index in [1.807, 2.05) is 0 Å². The van der Waals surface area contributed by atoms with Gasteiger partial charge >= 0.3 is 0 Å². The fourth-order valence-electron chi connectivity index (χ4n) is 1.63. The van der Waals surface area contributed by atoms with Crippen molar-refractivity contribution in [1.82, 2.24) is 9.97 Å². The van der Waals surface area contributed by atoms with Crippen LogP contribution >= 0.6 is 0 Å². The number of nitrogens with zero attached hydrogens (tertiary/aromatic N) is 2. The van der Waals surface area contributed by atoms with Crippen LogP contribution in [0.1, 0.15) is 17.5 Å². The fraction of sp³-hybridized carbons (Fsp3) is 0.667. The Morgan fingerprint density at radius 2 is 1.48 bits per heavy atom. The van der Waals surface area contributed by atoms with E-state index < -0.39 is 43.7 Å². The molecular formula is C12H20N2O7. The van der Waals surface area contributed by atoms with Crippen LogP contribution in [0.2, 0.25) is 0 Å². The summed E-state index contributed by atoms with van der Waals surface area (Å²) in [6.45, 7) is -1.34. The Kier molecular flexibility index (Phi) is 7.05. The van der Waals surface area contributed by atoms with Gasteiger partial charge in [-0.1, -0.05) is 0 Å². The van der Waals surface area contributed by atoms with Gasteiger partial charge in [0, 0.05) is 12.6 Å². The SMILES string of the molecule is OC[C@@H](O)[C@@H](O)[C@H](O)c1cncc(C[C@H](O)[C@H](O)CO)n1. The summed E-state index contributed by atoms with van der Waals surface area (Å²) in [5.74, 6) is 0. The summed E-state index contributed by atoms with van der Waals surface area (Å²) < 4.78 is 0. The zero-order chi connectivity index (χ0) is 16.0. The van der Waals surface area contributed by atoms with Crippen LogP contribution < -0.4 is 0 Å². The van der Waals surface area contributed by atoms with Crippen molar-refractivity contribution in [3.05, 3.63) is 23.8 Å². The molecule has 1 heterocycles. The lowest BCUT2D eigenvalue weighted by Crippen LogP contribution is -2.35. The number of rotatable bonds is 8. The lowest BCUT2D eigenvalue weighted by molar-refractivity contribution is -0.0791. The van der Waals surface area contributed by atoms with E-state index in [1.165, 1.54) is 6.20 Å². The Morgan fingerprint density at radius 3 is 2.05 bits per heavy atom. The minimum Gasteiger partial charge on any atom is -0.394 e. The Balaban J connectivity index is 2.80. The molecule has 0 saturated carbocycles. The fourth-order valence-corrected chi connectivity index (χ4v) is 1.63. The van der Waals surface area contributed by atoms with Crippen molar-refractivity contribution in [3.8, 4) is 0 Å². The highest BCUT2D eigenvalue weighted by atomic mass is 16.4. The standard InChI is InChI=1S/C12H20N2O7/c15-4-9(18)8(17)1-6-2-13-3-7(14-6)11(20)12(21)10(19)5-16/h2-3,8-12,15-21H,1,4-5H2/t8-,9+,10+,11+,12+/m0/s1. The molecule has 7 N–H and O–H groups in total.